The molecule has 0 saturated carbocycles. The molecule has 0 spiro atoms. The lowest BCUT2D eigenvalue weighted by Crippen LogP contribution is -2.51. The maximum absolute atomic E-state index is 15.1. The van der Waals surface area contributed by atoms with E-state index in [9.17, 15) is 14.3 Å². The molecule has 4 aromatic rings. The van der Waals surface area contributed by atoms with Crippen LogP contribution in [-0.4, -0.2) is 94.3 Å². The number of hydrogen-bond acceptors (Lipinski definition) is 9. The number of ether oxygens (including phenoxy) is 2. The van der Waals surface area contributed by atoms with Gasteiger partial charge in [0.25, 0.3) is 5.56 Å². The van der Waals surface area contributed by atoms with Crippen molar-refractivity contribution in [2.45, 2.75) is 61.9 Å². The van der Waals surface area contributed by atoms with Gasteiger partial charge < -0.3 is 24.8 Å². The number of nitrogens with zero attached hydrogens (tertiary/aromatic N) is 5. The van der Waals surface area contributed by atoms with Crippen molar-refractivity contribution in [3.63, 3.8) is 0 Å². The van der Waals surface area contributed by atoms with Gasteiger partial charge in [-0.2, -0.15) is 9.97 Å². The number of nitrogens with one attached hydrogen (secondary N) is 1. The average Bonchev–Trinajstić information content (AvgIpc) is 3.69. The van der Waals surface area contributed by atoms with E-state index in [0.717, 1.165) is 32.2 Å². The van der Waals surface area contributed by atoms with Gasteiger partial charge in [-0.3, -0.25) is 14.3 Å². The first kappa shape index (κ1) is 29.8. The van der Waals surface area contributed by atoms with Crippen molar-refractivity contribution in [1.29, 1.82) is 0 Å². The number of anilines is 1. The molecule has 5 aliphatic rings. The van der Waals surface area contributed by atoms with Crippen LogP contribution in [0, 0.1) is 18.2 Å². The molecule has 0 amide bonds. The molecule has 2 N–H and O–H groups in total. The molecule has 0 radical (unpaired) electrons. The van der Waals surface area contributed by atoms with Crippen molar-refractivity contribution in [2.24, 2.45) is 0 Å². The summed E-state index contributed by atoms with van der Waals surface area (Å²) >= 11 is 0. The first-order chi connectivity index (χ1) is 23.3. The molecular formula is C36H36F2N6O4. The molecule has 2 aromatic heterocycles. The number of benzene rings is 2. The van der Waals surface area contributed by atoms with Crippen LogP contribution in [0.3, 0.4) is 0 Å². The Balaban J connectivity index is 1.26. The number of halogens is 2. The van der Waals surface area contributed by atoms with Gasteiger partial charge in [0.15, 0.2) is 0 Å². The zero-order valence-electron chi connectivity index (χ0n) is 26.4. The first-order valence-electron chi connectivity index (χ1n) is 16.8. The summed E-state index contributed by atoms with van der Waals surface area (Å²) in [6.45, 7) is 3.48. The van der Waals surface area contributed by atoms with Crippen molar-refractivity contribution < 1.29 is 23.4 Å². The van der Waals surface area contributed by atoms with Crippen molar-refractivity contribution in [2.75, 3.05) is 50.9 Å². The Morgan fingerprint density at radius 2 is 1.94 bits per heavy atom. The highest BCUT2D eigenvalue weighted by Crippen LogP contribution is 2.42. The maximum Gasteiger partial charge on any atom is 0.319 e. The standard InChI is InChI=1S/C36H36F2N6O4/c1-2-26-28(38)7-4-20-10-25(45)11-27(31(20)26)30-12-29-32(34(46)44(30)24-17-47-18-24)33(42-15-22-5-6-23(16-42)39-22)41-35(40-29)48-19-36-8-3-9-43(36)14-21(37)13-36/h1,4,7,10-12,21-24,39,45H,3,5-6,8-9,13-19H2/t21-,22?,23?,36+/m1/s1. The second-order valence-corrected chi connectivity index (χ2v) is 14.1. The largest absolute Gasteiger partial charge is 0.508 e. The van der Waals surface area contributed by atoms with Crippen LogP contribution in [0.4, 0.5) is 14.6 Å². The number of aromatic nitrogens is 3. The number of terminal acetylenes is 1. The topological polar surface area (TPSA) is 105 Å². The summed E-state index contributed by atoms with van der Waals surface area (Å²) in [5.74, 6) is 2.36. The molecule has 0 aliphatic carbocycles. The van der Waals surface area contributed by atoms with Gasteiger partial charge in [-0.05, 0) is 61.9 Å². The third-order valence-corrected chi connectivity index (χ3v) is 11.1. The summed E-state index contributed by atoms with van der Waals surface area (Å²) in [5.41, 5.74) is 0.528. The van der Waals surface area contributed by atoms with E-state index in [-0.39, 0.29) is 47.6 Å². The monoisotopic (exact) mass is 654 g/mol. The maximum atomic E-state index is 15.1. The number of rotatable bonds is 6. The molecule has 2 bridgehead atoms. The predicted octanol–water partition coefficient (Wildman–Crippen LogP) is 3.90. The van der Waals surface area contributed by atoms with E-state index in [4.69, 9.17) is 25.9 Å². The molecule has 5 saturated heterocycles. The van der Waals surface area contributed by atoms with Gasteiger partial charge in [0, 0.05) is 49.1 Å². The minimum Gasteiger partial charge on any atom is -0.508 e. The second kappa shape index (κ2) is 11.1. The van der Waals surface area contributed by atoms with Gasteiger partial charge in [0.1, 0.15) is 35.5 Å². The zero-order chi connectivity index (χ0) is 32.7. The van der Waals surface area contributed by atoms with E-state index in [1.165, 1.54) is 18.2 Å². The third kappa shape index (κ3) is 4.66. The van der Waals surface area contributed by atoms with Crippen molar-refractivity contribution in [3.05, 3.63) is 52.1 Å². The molecule has 7 heterocycles. The number of aromatic hydroxyl groups is 1. The van der Waals surface area contributed by atoms with Crippen molar-refractivity contribution in [1.82, 2.24) is 24.8 Å². The summed E-state index contributed by atoms with van der Waals surface area (Å²) in [6.07, 6.45) is 9.24. The highest BCUT2D eigenvalue weighted by molar-refractivity contribution is 6.03. The lowest BCUT2D eigenvalue weighted by Gasteiger charge is -2.35. The Bertz CT molecular complexity index is 2070. The van der Waals surface area contributed by atoms with Crippen molar-refractivity contribution in [3.8, 4) is 35.4 Å². The molecular weight excluding hydrogens is 618 g/mol. The number of piperazine rings is 1. The van der Waals surface area contributed by atoms with E-state index in [0.29, 0.717) is 78.0 Å². The van der Waals surface area contributed by atoms with Crippen LogP contribution in [-0.2, 0) is 4.74 Å². The van der Waals surface area contributed by atoms with E-state index < -0.39 is 17.5 Å². The smallest absolute Gasteiger partial charge is 0.319 e. The molecule has 10 nitrogen and oxygen atoms in total. The zero-order valence-corrected chi connectivity index (χ0v) is 26.4. The van der Waals surface area contributed by atoms with E-state index in [1.54, 1.807) is 16.7 Å². The van der Waals surface area contributed by atoms with Crippen molar-refractivity contribution >= 4 is 27.5 Å². The lowest BCUT2D eigenvalue weighted by atomic mass is 9.95. The van der Waals surface area contributed by atoms with Crippen LogP contribution in [0.1, 0.15) is 43.7 Å². The quantitative estimate of drug-likeness (QED) is 0.300. The normalized spacial score (nSPS) is 27.0. The van der Waals surface area contributed by atoms with Crippen LogP contribution in [0.2, 0.25) is 0 Å². The first-order valence-corrected chi connectivity index (χ1v) is 16.8. The second-order valence-electron chi connectivity index (χ2n) is 14.1. The summed E-state index contributed by atoms with van der Waals surface area (Å²) in [7, 11) is 0. The Morgan fingerprint density at radius 1 is 1.12 bits per heavy atom. The summed E-state index contributed by atoms with van der Waals surface area (Å²) < 4.78 is 43.3. The predicted molar refractivity (Wildman–Crippen MR) is 177 cm³/mol. The molecule has 248 valence electrons. The minimum atomic E-state index is -0.898. The number of phenols is 1. The van der Waals surface area contributed by atoms with Crippen LogP contribution in [0.25, 0.3) is 32.9 Å². The highest BCUT2D eigenvalue weighted by Gasteiger charge is 2.49. The third-order valence-electron chi connectivity index (χ3n) is 11.1. The van der Waals surface area contributed by atoms with E-state index in [1.807, 2.05) is 0 Å². The summed E-state index contributed by atoms with van der Waals surface area (Å²) in [6, 6.07) is 8.04. The van der Waals surface area contributed by atoms with Crippen LogP contribution in [0.5, 0.6) is 11.8 Å². The van der Waals surface area contributed by atoms with Gasteiger partial charge in [0.05, 0.1) is 41.6 Å². The molecule has 2 aromatic carbocycles. The fourth-order valence-electron chi connectivity index (χ4n) is 8.80. The average molecular weight is 655 g/mol. The molecule has 4 atom stereocenters. The van der Waals surface area contributed by atoms with Gasteiger partial charge in [-0.25, -0.2) is 8.78 Å². The van der Waals surface area contributed by atoms with Gasteiger partial charge >= 0.3 is 6.01 Å². The van der Waals surface area contributed by atoms with Gasteiger partial charge in [-0.1, -0.05) is 12.0 Å². The Morgan fingerprint density at radius 3 is 2.69 bits per heavy atom. The Labute approximate surface area is 275 Å². The van der Waals surface area contributed by atoms with Crippen LogP contribution < -0.4 is 20.5 Å². The number of phenolic OH excluding ortho intramolecular Hbond substituents is 1. The number of pyridine rings is 1. The van der Waals surface area contributed by atoms with E-state index >= 15 is 4.39 Å². The summed E-state index contributed by atoms with van der Waals surface area (Å²) in [4.78, 5) is 28.9. The Kier molecular flexibility index (Phi) is 6.90. The fourth-order valence-corrected chi connectivity index (χ4v) is 8.80. The Hall–Kier alpha value is -4.31. The fraction of sp³-hybridized carbons (Fsp3) is 0.472. The molecule has 2 unspecified atom stereocenters. The highest BCUT2D eigenvalue weighted by atomic mass is 19.1. The molecule has 48 heavy (non-hydrogen) atoms. The van der Waals surface area contributed by atoms with E-state index in [2.05, 4.69) is 21.0 Å². The van der Waals surface area contributed by atoms with Crippen LogP contribution in [0.15, 0.2) is 35.1 Å². The van der Waals surface area contributed by atoms with Gasteiger partial charge in [0.2, 0.25) is 0 Å². The molecule has 5 fully saturated rings. The molecule has 9 rings (SSSR count). The summed E-state index contributed by atoms with van der Waals surface area (Å²) in [5, 5.41) is 15.8. The SMILES string of the molecule is C#Cc1c(F)ccc2cc(O)cc(-c3cc4nc(OC[C@@]56CCCN5C[C@H](F)C6)nc(N5CC6CCC(C5)N6)c4c(=O)n3C3COC3)c12. The minimum absolute atomic E-state index is 0.0400. The molecule has 5 aliphatic heterocycles. The number of alkyl halides is 1. The van der Waals surface area contributed by atoms with Crippen LogP contribution >= 0.6 is 0 Å². The lowest BCUT2D eigenvalue weighted by molar-refractivity contribution is -0.0238. The number of fused-ring (bicyclic) bond motifs is 5. The van der Waals surface area contributed by atoms with Gasteiger partial charge in [-0.15, -0.1) is 6.42 Å². The number of hydrogen-bond donors (Lipinski definition) is 2. The molecule has 12 heteroatoms.